The smallest absolute Gasteiger partial charge is 0.312 e. The van der Waals surface area contributed by atoms with Gasteiger partial charge in [-0.3, -0.25) is 14.5 Å². The molecule has 1 aromatic heterocycles. The van der Waals surface area contributed by atoms with E-state index in [1.54, 1.807) is 6.26 Å². The molecule has 1 aliphatic rings. The maximum absolute atomic E-state index is 11.4. The van der Waals surface area contributed by atoms with Gasteiger partial charge in [0.05, 0.1) is 12.3 Å². The highest BCUT2D eigenvalue weighted by molar-refractivity contribution is 5.93. The highest BCUT2D eigenvalue weighted by atomic mass is 16.4. The number of hydrogen-bond donors (Lipinski definition) is 2. The van der Waals surface area contributed by atoms with Gasteiger partial charge in [0.2, 0.25) is 5.91 Å². The fourth-order valence-electron chi connectivity index (χ4n) is 2.35. The molecule has 1 aromatic rings. The zero-order chi connectivity index (χ0) is 13.7. The maximum atomic E-state index is 11.4. The summed E-state index contributed by atoms with van der Waals surface area (Å²) in [6.07, 6.45) is 3.39. The molecular weight excluding hydrogens is 248 g/mol. The first kappa shape index (κ1) is 13.6. The van der Waals surface area contributed by atoms with Gasteiger partial charge in [0.15, 0.2) is 0 Å². The first-order valence-electron chi connectivity index (χ1n) is 6.43. The van der Waals surface area contributed by atoms with Crippen LogP contribution in [-0.2, 0) is 9.59 Å². The Labute approximate surface area is 111 Å². The number of carbonyl (C=O) groups is 2. The van der Waals surface area contributed by atoms with Crippen LogP contribution in [0.15, 0.2) is 22.8 Å². The van der Waals surface area contributed by atoms with E-state index in [-0.39, 0.29) is 6.04 Å². The second kappa shape index (κ2) is 6.38. The van der Waals surface area contributed by atoms with Crippen molar-refractivity contribution in [3.63, 3.8) is 0 Å². The summed E-state index contributed by atoms with van der Waals surface area (Å²) in [7, 11) is 0. The van der Waals surface area contributed by atoms with E-state index in [0.717, 1.165) is 31.7 Å². The summed E-state index contributed by atoms with van der Waals surface area (Å²) in [5.74, 6) is -0.783. The number of nitrogens with one attached hydrogen (secondary N) is 1. The summed E-state index contributed by atoms with van der Waals surface area (Å²) in [6.45, 7) is 2.32. The largest absolute Gasteiger partial charge is 0.481 e. The lowest BCUT2D eigenvalue weighted by molar-refractivity contribution is -0.140. The molecule has 0 aromatic carbocycles. The van der Waals surface area contributed by atoms with Crippen molar-refractivity contribution in [2.75, 3.05) is 19.6 Å². The Bertz CT molecular complexity index is 424. The number of carboxylic acid groups (broad SMARTS) is 1. The van der Waals surface area contributed by atoms with Crippen LogP contribution in [0.4, 0.5) is 0 Å². The third-order valence-corrected chi connectivity index (χ3v) is 3.26. The third kappa shape index (κ3) is 3.82. The van der Waals surface area contributed by atoms with Gasteiger partial charge in [-0.05, 0) is 38.1 Å². The van der Waals surface area contributed by atoms with E-state index in [1.165, 1.54) is 0 Å². The van der Waals surface area contributed by atoms with Crippen LogP contribution in [-0.4, -0.2) is 41.5 Å². The fourth-order valence-corrected chi connectivity index (χ4v) is 2.35. The van der Waals surface area contributed by atoms with Crippen molar-refractivity contribution in [1.29, 1.82) is 0 Å². The van der Waals surface area contributed by atoms with Gasteiger partial charge in [0, 0.05) is 6.54 Å². The molecule has 1 saturated heterocycles. The number of amides is 1. The van der Waals surface area contributed by atoms with Gasteiger partial charge in [-0.1, -0.05) is 0 Å². The predicted molar refractivity (Wildman–Crippen MR) is 67.5 cm³/mol. The van der Waals surface area contributed by atoms with Crippen LogP contribution in [0.2, 0.25) is 0 Å². The lowest BCUT2D eigenvalue weighted by Crippen LogP contribution is -2.37. The zero-order valence-electron chi connectivity index (χ0n) is 10.7. The molecule has 19 heavy (non-hydrogen) atoms. The lowest BCUT2D eigenvalue weighted by atomic mass is 10.2. The molecule has 6 nitrogen and oxygen atoms in total. The molecule has 6 heteroatoms. The van der Waals surface area contributed by atoms with Crippen molar-refractivity contribution in [2.24, 2.45) is 0 Å². The molecule has 1 atom stereocenters. The quantitative estimate of drug-likeness (QED) is 0.751. The van der Waals surface area contributed by atoms with Gasteiger partial charge >= 0.3 is 5.97 Å². The minimum absolute atomic E-state index is 0.0183. The number of nitrogens with zero attached hydrogens (tertiary/aromatic N) is 1. The second-order valence-electron chi connectivity index (χ2n) is 4.65. The van der Waals surface area contributed by atoms with Crippen molar-refractivity contribution in [3.05, 3.63) is 24.2 Å². The van der Waals surface area contributed by atoms with Crippen LogP contribution in [0.1, 0.15) is 31.1 Å². The molecular formula is C13H18N2O4. The predicted octanol–water partition coefficient (Wildman–Crippen LogP) is 1.01. The minimum Gasteiger partial charge on any atom is -0.481 e. The highest BCUT2D eigenvalue weighted by Crippen LogP contribution is 2.24. The molecule has 1 amide bonds. The Morgan fingerprint density at radius 2 is 2.16 bits per heavy atom. The van der Waals surface area contributed by atoms with E-state index >= 15 is 0 Å². The van der Waals surface area contributed by atoms with Gasteiger partial charge in [-0.15, -0.1) is 0 Å². The molecule has 0 aliphatic carbocycles. The topological polar surface area (TPSA) is 82.8 Å². The summed E-state index contributed by atoms with van der Waals surface area (Å²) in [5.41, 5.74) is 0. The van der Waals surface area contributed by atoms with Gasteiger partial charge in [-0.25, -0.2) is 0 Å². The molecule has 2 N–H and O–H groups in total. The molecule has 104 valence electrons. The summed E-state index contributed by atoms with van der Waals surface area (Å²) < 4.78 is 5.41. The molecule has 1 fully saturated rings. The summed E-state index contributed by atoms with van der Waals surface area (Å²) in [4.78, 5) is 24.1. The van der Waals surface area contributed by atoms with Crippen LogP contribution in [0, 0.1) is 0 Å². The van der Waals surface area contributed by atoms with Crippen LogP contribution in [0.3, 0.4) is 0 Å². The molecule has 0 spiro atoms. The molecule has 1 aliphatic heterocycles. The fraction of sp³-hybridized carbons (Fsp3) is 0.538. The number of hydrogen-bond acceptors (Lipinski definition) is 4. The van der Waals surface area contributed by atoms with E-state index in [4.69, 9.17) is 9.52 Å². The summed E-state index contributed by atoms with van der Waals surface area (Å²) >= 11 is 0. The SMILES string of the molecule is O=C(O)CC(=O)NCC(c1ccco1)N1CCCC1. The van der Waals surface area contributed by atoms with Gasteiger partial charge in [-0.2, -0.15) is 0 Å². The molecule has 2 rings (SSSR count). The minimum atomic E-state index is -1.12. The van der Waals surface area contributed by atoms with Gasteiger partial charge < -0.3 is 14.8 Å². The average Bonchev–Trinajstić information content (AvgIpc) is 3.00. The number of carbonyl (C=O) groups excluding carboxylic acids is 1. The molecule has 1 unspecified atom stereocenters. The Morgan fingerprint density at radius 3 is 2.74 bits per heavy atom. The van der Waals surface area contributed by atoms with Crippen LogP contribution < -0.4 is 5.32 Å². The van der Waals surface area contributed by atoms with Crippen molar-refractivity contribution in [3.8, 4) is 0 Å². The van der Waals surface area contributed by atoms with Crippen LogP contribution >= 0.6 is 0 Å². The van der Waals surface area contributed by atoms with E-state index in [0.29, 0.717) is 6.54 Å². The number of furan rings is 1. The van der Waals surface area contributed by atoms with E-state index in [1.807, 2.05) is 12.1 Å². The first-order valence-corrected chi connectivity index (χ1v) is 6.43. The Balaban J connectivity index is 1.94. The summed E-state index contributed by atoms with van der Waals surface area (Å²) in [6, 6.07) is 3.68. The number of rotatable bonds is 6. The van der Waals surface area contributed by atoms with Gasteiger partial charge in [0.1, 0.15) is 12.2 Å². The number of aliphatic carboxylic acids is 1. The second-order valence-corrected chi connectivity index (χ2v) is 4.65. The zero-order valence-corrected chi connectivity index (χ0v) is 10.7. The Kier molecular flexibility index (Phi) is 4.57. The molecule has 2 heterocycles. The number of likely N-dealkylation sites (tertiary alicyclic amines) is 1. The van der Waals surface area contributed by atoms with Crippen LogP contribution in [0.5, 0.6) is 0 Å². The van der Waals surface area contributed by atoms with E-state index in [9.17, 15) is 9.59 Å². The number of carboxylic acids is 1. The van der Waals surface area contributed by atoms with Crippen molar-refractivity contribution in [1.82, 2.24) is 10.2 Å². The first-order chi connectivity index (χ1) is 9.16. The Hall–Kier alpha value is -1.82. The van der Waals surface area contributed by atoms with Crippen molar-refractivity contribution < 1.29 is 19.1 Å². The van der Waals surface area contributed by atoms with Crippen molar-refractivity contribution in [2.45, 2.75) is 25.3 Å². The molecule has 0 bridgehead atoms. The van der Waals surface area contributed by atoms with Gasteiger partial charge in [0.25, 0.3) is 0 Å². The van der Waals surface area contributed by atoms with Crippen LogP contribution in [0.25, 0.3) is 0 Å². The van der Waals surface area contributed by atoms with Crippen molar-refractivity contribution >= 4 is 11.9 Å². The monoisotopic (exact) mass is 266 g/mol. The summed E-state index contributed by atoms with van der Waals surface area (Å²) in [5, 5.41) is 11.2. The average molecular weight is 266 g/mol. The Morgan fingerprint density at radius 1 is 1.42 bits per heavy atom. The molecule has 0 radical (unpaired) electrons. The lowest BCUT2D eigenvalue weighted by Gasteiger charge is -2.25. The van der Waals surface area contributed by atoms with E-state index < -0.39 is 18.3 Å². The maximum Gasteiger partial charge on any atom is 0.312 e. The third-order valence-electron chi connectivity index (χ3n) is 3.26. The molecule has 0 saturated carbocycles. The standard InChI is InChI=1S/C13H18N2O4/c16-12(8-13(17)18)14-9-10(11-4-3-7-19-11)15-5-1-2-6-15/h3-4,7,10H,1-2,5-6,8-9H2,(H,14,16)(H,17,18). The van der Waals surface area contributed by atoms with E-state index in [2.05, 4.69) is 10.2 Å². The normalized spacial score (nSPS) is 17.3. The highest BCUT2D eigenvalue weighted by Gasteiger charge is 2.26.